The number of hydrogen-bond donors (Lipinski definition) is 1. The SMILES string of the molecule is CC(C)n1ncc(Cl)c1C(O)c1ccc(Cl)c(F)c1. The summed E-state index contributed by atoms with van der Waals surface area (Å²) in [6.45, 7) is 3.84. The molecule has 0 bridgehead atoms. The summed E-state index contributed by atoms with van der Waals surface area (Å²) in [5.41, 5.74) is 0.824. The quantitative estimate of drug-likeness (QED) is 0.931. The van der Waals surface area contributed by atoms with Crippen LogP contribution in [-0.4, -0.2) is 14.9 Å². The molecule has 1 atom stereocenters. The summed E-state index contributed by atoms with van der Waals surface area (Å²) in [6.07, 6.45) is 0.413. The number of rotatable bonds is 3. The predicted octanol–water partition coefficient (Wildman–Crippen LogP) is 3.99. The van der Waals surface area contributed by atoms with Crippen LogP contribution in [-0.2, 0) is 0 Å². The van der Waals surface area contributed by atoms with E-state index in [-0.39, 0.29) is 11.1 Å². The summed E-state index contributed by atoms with van der Waals surface area (Å²) in [5.74, 6) is -0.579. The highest BCUT2D eigenvalue weighted by molar-refractivity contribution is 6.31. The van der Waals surface area contributed by atoms with Crippen molar-refractivity contribution in [3.8, 4) is 0 Å². The first-order valence-electron chi connectivity index (χ1n) is 5.77. The van der Waals surface area contributed by atoms with Crippen LogP contribution in [0.15, 0.2) is 24.4 Å². The number of benzene rings is 1. The maximum Gasteiger partial charge on any atom is 0.142 e. The van der Waals surface area contributed by atoms with Crippen molar-refractivity contribution in [3.05, 3.63) is 51.5 Å². The summed E-state index contributed by atoms with van der Waals surface area (Å²) in [6, 6.07) is 4.19. The van der Waals surface area contributed by atoms with Crippen LogP contribution >= 0.6 is 23.2 Å². The molecule has 1 aromatic carbocycles. The number of halogens is 3. The Bertz CT molecular complexity index is 598. The Balaban J connectivity index is 2.46. The van der Waals surface area contributed by atoms with E-state index < -0.39 is 11.9 Å². The molecule has 2 rings (SSSR count). The Hall–Kier alpha value is -1.10. The first-order valence-corrected chi connectivity index (χ1v) is 6.53. The van der Waals surface area contributed by atoms with Crippen molar-refractivity contribution in [2.24, 2.45) is 0 Å². The van der Waals surface area contributed by atoms with Gasteiger partial charge in [0.25, 0.3) is 0 Å². The highest BCUT2D eigenvalue weighted by Crippen LogP contribution is 2.31. The van der Waals surface area contributed by atoms with Gasteiger partial charge in [-0.3, -0.25) is 4.68 Å². The molecule has 0 saturated carbocycles. The van der Waals surface area contributed by atoms with Gasteiger partial charge in [-0.05, 0) is 31.5 Å². The third kappa shape index (κ3) is 2.76. The van der Waals surface area contributed by atoms with E-state index in [1.807, 2.05) is 13.8 Å². The van der Waals surface area contributed by atoms with E-state index in [2.05, 4.69) is 5.10 Å². The molecule has 2 aromatic rings. The number of nitrogens with zero attached hydrogens (tertiary/aromatic N) is 2. The van der Waals surface area contributed by atoms with Gasteiger partial charge in [-0.2, -0.15) is 5.10 Å². The minimum Gasteiger partial charge on any atom is -0.382 e. The van der Waals surface area contributed by atoms with Gasteiger partial charge < -0.3 is 5.11 Å². The van der Waals surface area contributed by atoms with Gasteiger partial charge in [0.05, 0.1) is 21.9 Å². The second kappa shape index (κ2) is 5.49. The van der Waals surface area contributed by atoms with Gasteiger partial charge in [0.2, 0.25) is 0 Å². The Morgan fingerprint density at radius 3 is 2.53 bits per heavy atom. The minimum absolute atomic E-state index is 0.0133. The van der Waals surface area contributed by atoms with Crippen LogP contribution in [0.3, 0.4) is 0 Å². The summed E-state index contributed by atoms with van der Waals surface area (Å²) >= 11 is 11.7. The third-order valence-electron chi connectivity index (χ3n) is 2.79. The Labute approximate surface area is 120 Å². The van der Waals surface area contributed by atoms with Gasteiger partial charge in [-0.25, -0.2) is 4.39 Å². The monoisotopic (exact) mass is 302 g/mol. The van der Waals surface area contributed by atoms with E-state index in [1.165, 1.54) is 18.3 Å². The lowest BCUT2D eigenvalue weighted by Crippen LogP contribution is -2.12. The fraction of sp³-hybridized carbons (Fsp3) is 0.308. The molecule has 0 aliphatic heterocycles. The molecule has 1 unspecified atom stereocenters. The van der Waals surface area contributed by atoms with Crippen molar-refractivity contribution < 1.29 is 9.50 Å². The first kappa shape index (κ1) is 14.3. The van der Waals surface area contributed by atoms with Gasteiger partial charge in [-0.1, -0.05) is 29.3 Å². The van der Waals surface area contributed by atoms with Crippen molar-refractivity contribution in [3.63, 3.8) is 0 Å². The molecule has 1 N–H and O–H groups in total. The molecule has 1 heterocycles. The molecule has 6 heteroatoms. The molecular weight excluding hydrogens is 290 g/mol. The van der Waals surface area contributed by atoms with Crippen LogP contribution < -0.4 is 0 Å². The molecule has 3 nitrogen and oxygen atoms in total. The average Bonchev–Trinajstić information content (AvgIpc) is 2.74. The maximum atomic E-state index is 13.4. The molecular formula is C13H13Cl2FN2O. The standard InChI is InChI=1S/C13H13Cl2FN2O/c1-7(2)18-12(10(15)6-17-18)13(19)8-3-4-9(14)11(16)5-8/h3-7,13,19H,1-2H3. The number of aliphatic hydroxyl groups is 1. The van der Waals surface area contributed by atoms with E-state index >= 15 is 0 Å². The fourth-order valence-corrected chi connectivity index (χ4v) is 2.21. The fourth-order valence-electron chi connectivity index (χ4n) is 1.86. The number of hydrogen-bond acceptors (Lipinski definition) is 2. The first-order chi connectivity index (χ1) is 8.91. The van der Waals surface area contributed by atoms with Crippen molar-refractivity contribution in [2.75, 3.05) is 0 Å². The lowest BCUT2D eigenvalue weighted by Gasteiger charge is -2.17. The zero-order chi connectivity index (χ0) is 14.2. The van der Waals surface area contributed by atoms with E-state index in [4.69, 9.17) is 23.2 Å². The van der Waals surface area contributed by atoms with Crippen LogP contribution in [0.5, 0.6) is 0 Å². The number of aromatic nitrogens is 2. The summed E-state index contributed by atoms with van der Waals surface area (Å²) in [4.78, 5) is 0. The normalized spacial score (nSPS) is 13.0. The molecule has 0 radical (unpaired) electrons. The Morgan fingerprint density at radius 1 is 1.26 bits per heavy atom. The van der Waals surface area contributed by atoms with Crippen molar-refractivity contribution in [1.82, 2.24) is 9.78 Å². The van der Waals surface area contributed by atoms with Gasteiger partial charge in [-0.15, -0.1) is 0 Å². The van der Waals surface area contributed by atoms with Crippen molar-refractivity contribution in [1.29, 1.82) is 0 Å². The predicted molar refractivity (Wildman–Crippen MR) is 73.1 cm³/mol. The van der Waals surface area contributed by atoms with Crippen LogP contribution in [0.25, 0.3) is 0 Å². The Kier molecular flexibility index (Phi) is 4.13. The molecule has 0 aliphatic rings. The van der Waals surface area contributed by atoms with Gasteiger partial charge in [0.15, 0.2) is 0 Å². The molecule has 102 valence electrons. The van der Waals surface area contributed by atoms with Crippen molar-refractivity contribution in [2.45, 2.75) is 26.0 Å². The zero-order valence-electron chi connectivity index (χ0n) is 10.4. The average molecular weight is 303 g/mol. The lowest BCUT2D eigenvalue weighted by atomic mass is 10.1. The molecule has 19 heavy (non-hydrogen) atoms. The molecule has 1 aromatic heterocycles. The molecule has 0 fully saturated rings. The largest absolute Gasteiger partial charge is 0.382 e. The van der Waals surface area contributed by atoms with Gasteiger partial charge in [0.1, 0.15) is 11.9 Å². The highest BCUT2D eigenvalue weighted by Gasteiger charge is 2.22. The molecule has 0 amide bonds. The van der Waals surface area contributed by atoms with E-state index in [0.29, 0.717) is 16.3 Å². The van der Waals surface area contributed by atoms with Crippen LogP contribution in [0.4, 0.5) is 4.39 Å². The van der Waals surface area contributed by atoms with Crippen molar-refractivity contribution >= 4 is 23.2 Å². The third-order valence-corrected chi connectivity index (χ3v) is 3.39. The van der Waals surface area contributed by atoms with Gasteiger partial charge in [0, 0.05) is 6.04 Å². The summed E-state index contributed by atoms with van der Waals surface area (Å²) in [7, 11) is 0. The van der Waals surface area contributed by atoms with Crippen LogP contribution in [0, 0.1) is 5.82 Å². The van der Waals surface area contributed by atoms with Crippen LogP contribution in [0.1, 0.15) is 37.3 Å². The highest BCUT2D eigenvalue weighted by atomic mass is 35.5. The van der Waals surface area contributed by atoms with Crippen LogP contribution in [0.2, 0.25) is 10.0 Å². The second-order valence-electron chi connectivity index (χ2n) is 4.49. The molecule has 0 saturated heterocycles. The second-order valence-corrected chi connectivity index (χ2v) is 5.31. The van der Waals surface area contributed by atoms with E-state index in [1.54, 1.807) is 10.7 Å². The Morgan fingerprint density at radius 2 is 1.95 bits per heavy atom. The minimum atomic E-state index is -1.05. The molecule has 0 spiro atoms. The summed E-state index contributed by atoms with van der Waals surface area (Å²) < 4.78 is 15.1. The lowest BCUT2D eigenvalue weighted by molar-refractivity contribution is 0.204. The summed E-state index contributed by atoms with van der Waals surface area (Å²) in [5, 5.41) is 14.8. The van der Waals surface area contributed by atoms with E-state index in [9.17, 15) is 9.50 Å². The zero-order valence-corrected chi connectivity index (χ0v) is 12.0. The molecule has 0 aliphatic carbocycles. The van der Waals surface area contributed by atoms with Gasteiger partial charge >= 0.3 is 0 Å². The van der Waals surface area contributed by atoms with E-state index in [0.717, 1.165) is 0 Å². The maximum absolute atomic E-state index is 13.4. The smallest absolute Gasteiger partial charge is 0.142 e. The topological polar surface area (TPSA) is 38.0 Å². The number of aliphatic hydroxyl groups excluding tert-OH is 1.